The van der Waals surface area contributed by atoms with Crippen LogP contribution < -0.4 is 0 Å². The Hall–Kier alpha value is -0.940. The van der Waals surface area contributed by atoms with Crippen molar-refractivity contribution in [2.24, 2.45) is 0 Å². The predicted octanol–water partition coefficient (Wildman–Crippen LogP) is 1.86. The van der Waals surface area contributed by atoms with Gasteiger partial charge in [-0.05, 0) is 38.8 Å². The number of rotatable bonds is 2. The summed E-state index contributed by atoms with van der Waals surface area (Å²) >= 11 is 0. The second-order valence-electron chi connectivity index (χ2n) is 5.89. The second kappa shape index (κ2) is 5.59. The quantitative estimate of drug-likeness (QED) is 0.884. The second-order valence-corrected chi connectivity index (χ2v) is 5.89. The molecule has 2 atom stereocenters. The standard InChI is InChI=1S/C14H23N3O2/c1-10-15-16-14(19-10)11-6-8-17(9-7-11)12-4-2-3-5-13(12)18/h11-13,18H,2-9H2,1H3/t12-,13-/m0/s1. The number of aliphatic hydroxyl groups is 1. The lowest BCUT2D eigenvalue weighted by Gasteiger charge is -2.41. The van der Waals surface area contributed by atoms with Crippen molar-refractivity contribution < 1.29 is 9.52 Å². The summed E-state index contributed by atoms with van der Waals surface area (Å²) in [5.74, 6) is 1.85. The Labute approximate surface area is 114 Å². The molecule has 2 heterocycles. The number of aryl methyl sites for hydroxylation is 1. The summed E-state index contributed by atoms with van der Waals surface area (Å²) in [6.07, 6.45) is 6.53. The topological polar surface area (TPSA) is 62.4 Å². The molecule has 1 N–H and O–H groups in total. The summed E-state index contributed by atoms with van der Waals surface area (Å²) in [5.41, 5.74) is 0. The maximum Gasteiger partial charge on any atom is 0.219 e. The van der Waals surface area contributed by atoms with Gasteiger partial charge >= 0.3 is 0 Å². The molecule has 1 saturated carbocycles. The molecule has 5 heteroatoms. The van der Waals surface area contributed by atoms with Crippen LogP contribution in [0.4, 0.5) is 0 Å². The molecule has 3 rings (SSSR count). The van der Waals surface area contributed by atoms with Gasteiger partial charge in [-0.25, -0.2) is 0 Å². The smallest absolute Gasteiger partial charge is 0.219 e. The Kier molecular flexibility index (Phi) is 3.84. The van der Waals surface area contributed by atoms with Gasteiger partial charge in [-0.1, -0.05) is 12.8 Å². The molecule has 0 amide bonds. The van der Waals surface area contributed by atoms with Crippen molar-refractivity contribution in [3.8, 4) is 0 Å². The third-order valence-corrected chi connectivity index (χ3v) is 4.58. The highest BCUT2D eigenvalue weighted by atomic mass is 16.4. The van der Waals surface area contributed by atoms with Crippen LogP contribution in [-0.4, -0.2) is 45.4 Å². The van der Waals surface area contributed by atoms with Crippen molar-refractivity contribution in [2.75, 3.05) is 13.1 Å². The Bertz CT molecular complexity index is 413. The first kappa shape index (κ1) is 13.1. The largest absolute Gasteiger partial charge is 0.425 e. The van der Waals surface area contributed by atoms with Crippen LogP contribution in [-0.2, 0) is 0 Å². The van der Waals surface area contributed by atoms with E-state index in [1.807, 2.05) is 6.92 Å². The van der Waals surface area contributed by atoms with Crippen LogP contribution in [0.15, 0.2) is 4.42 Å². The van der Waals surface area contributed by atoms with Crippen molar-refractivity contribution in [1.29, 1.82) is 0 Å². The third kappa shape index (κ3) is 2.82. The van der Waals surface area contributed by atoms with E-state index in [1.165, 1.54) is 12.8 Å². The van der Waals surface area contributed by atoms with Crippen molar-refractivity contribution in [3.05, 3.63) is 11.8 Å². The first-order chi connectivity index (χ1) is 9.24. The van der Waals surface area contributed by atoms with E-state index in [0.717, 1.165) is 44.7 Å². The summed E-state index contributed by atoms with van der Waals surface area (Å²) in [5, 5.41) is 18.2. The Morgan fingerprint density at radius 1 is 1.11 bits per heavy atom. The molecule has 0 spiro atoms. The minimum atomic E-state index is -0.129. The first-order valence-electron chi connectivity index (χ1n) is 7.46. The monoisotopic (exact) mass is 265 g/mol. The van der Waals surface area contributed by atoms with Crippen molar-refractivity contribution >= 4 is 0 Å². The summed E-state index contributed by atoms with van der Waals surface area (Å²) < 4.78 is 5.53. The van der Waals surface area contributed by atoms with E-state index in [0.29, 0.717) is 17.9 Å². The molecule has 106 valence electrons. The van der Waals surface area contributed by atoms with Crippen LogP contribution >= 0.6 is 0 Å². The Balaban J connectivity index is 1.57. The lowest BCUT2D eigenvalue weighted by molar-refractivity contribution is 0.00753. The third-order valence-electron chi connectivity index (χ3n) is 4.58. The minimum absolute atomic E-state index is 0.129. The van der Waals surface area contributed by atoms with Gasteiger partial charge < -0.3 is 9.52 Å². The average Bonchev–Trinajstić information content (AvgIpc) is 2.86. The molecule has 0 bridgehead atoms. The molecule has 2 fully saturated rings. The number of piperidine rings is 1. The molecular formula is C14H23N3O2. The number of hydrogen-bond donors (Lipinski definition) is 1. The molecule has 0 radical (unpaired) electrons. The fourth-order valence-corrected chi connectivity index (χ4v) is 3.47. The number of aromatic nitrogens is 2. The van der Waals surface area contributed by atoms with Crippen molar-refractivity contribution in [1.82, 2.24) is 15.1 Å². The molecule has 5 nitrogen and oxygen atoms in total. The fourth-order valence-electron chi connectivity index (χ4n) is 3.47. The molecule has 0 aromatic carbocycles. The van der Waals surface area contributed by atoms with Crippen LogP contribution in [0.25, 0.3) is 0 Å². The molecule has 2 aliphatic rings. The van der Waals surface area contributed by atoms with E-state index in [9.17, 15) is 5.11 Å². The van der Waals surface area contributed by atoms with Gasteiger partial charge in [0.15, 0.2) is 0 Å². The number of nitrogens with zero attached hydrogens (tertiary/aromatic N) is 3. The number of aliphatic hydroxyl groups excluding tert-OH is 1. The van der Waals surface area contributed by atoms with E-state index in [-0.39, 0.29) is 6.10 Å². The lowest BCUT2D eigenvalue weighted by atomic mass is 9.88. The van der Waals surface area contributed by atoms with Gasteiger partial charge in [-0.3, -0.25) is 4.90 Å². The maximum absolute atomic E-state index is 10.1. The van der Waals surface area contributed by atoms with E-state index in [2.05, 4.69) is 15.1 Å². The van der Waals surface area contributed by atoms with Gasteiger partial charge in [-0.2, -0.15) is 0 Å². The molecule has 1 aliphatic heterocycles. The van der Waals surface area contributed by atoms with Crippen LogP contribution in [0.1, 0.15) is 56.2 Å². The Morgan fingerprint density at radius 3 is 2.47 bits per heavy atom. The van der Waals surface area contributed by atoms with E-state index in [1.54, 1.807) is 0 Å². The maximum atomic E-state index is 10.1. The van der Waals surface area contributed by atoms with Gasteiger partial charge in [0.05, 0.1) is 6.10 Å². The number of hydrogen-bond acceptors (Lipinski definition) is 5. The van der Waals surface area contributed by atoms with Crippen LogP contribution in [0.2, 0.25) is 0 Å². The van der Waals surface area contributed by atoms with Crippen molar-refractivity contribution in [3.63, 3.8) is 0 Å². The predicted molar refractivity (Wildman–Crippen MR) is 70.8 cm³/mol. The highest BCUT2D eigenvalue weighted by Gasteiger charge is 2.32. The summed E-state index contributed by atoms with van der Waals surface area (Å²) in [4.78, 5) is 2.46. The normalized spacial score (nSPS) is 30.6. The fraction of sp³-hybridized carbons (Fsp3) is 0.857. The lowest BCUT2D eigenvalue weighted by Crippen LogP contribution is -2.48. The first-order valence-corrected chi connectivity index (χ1v) is 7.46. The molecule has 19 heavy (non-hydrogen) atoms. The molecule has 1 aromatic rings. The van der Waals surface area contributed by atoms with Gasteiger partial charge in [-0.15, -0.1) is 10.2 Å². The van der Waals surface area contributed by atoms with E-state index in [4.69, 9.17) is 4.42 Å². The summed E-state index contributed by atoms with van der Waals surface area (Å²) in [6.45, 7) is 3.91. The minimum Gasteiger partial charge on any atom is -0.425 e. The molecule has 0 unspecified atom stereocenters. The van der Waals surface area contributed by atoms with Gasteiger partial charge in [0.2, 0.25) is 11.8 Å². The van der Waals surface area contributed by atoms with Gasteiger partial charge in [0, 0.05) is 18.9 Å². The van der Waals surface area contributed by atoms with Crippen LogP contribution in [0, 0.1) is 6.92 Å². The highest BCUT2D eigenvalue weighted by Crippen LogP contribution is 2.31. The van der Waals surface area contributed by atoms with Gasteiger partial charge in [0.25, 0.3) is 0 Å². The summed E-state index contributed by atoms with van der Waals surface area (Å²) in [7, 11) is 0. The summed E-state index contributed by atoms with van der Waals surface area (Å²) in [6, 6.07) is 0.374. The molecule has 1 saturated heterocycles. The van der Waals surface area contributed by atoms with E-state index < -0.39 is 0 Å². The highest BCUT2D eigenvalue weighted by molar-refractivity contribution is 4.96. The van der Waals surface area contributed by atoms with Crippen LogP contribution in [0.3, 0.4) is 0 Å². The van der Waals surface area contributed by atoms with Gasteiger partial charge in [0.1, 0.15) is 0 Å². The zero-order valence-electron chi connectivity index (χ0n) is 11.6. The Morgan fingerprint density at radius 2 is 1.84 bits per heavy atom. The molecular weight excluding hydrogens is 242 g/mol. The molecule has 1 aliphatic carbocycles. The average molecular weight is 265 g/mol. The van der Waals surface area contributed by atoms with Crippen molar-refractivity contribution in [2.45, 2.75) is 63.5 Å². The zero-order chi connectivity index (χ0) is 13.2. The number of likely N-dealkylation sites (tertiary alicyclic amines) is 1. The molecule has 1 aromatic heterocycles. The van der Waals surface area contributed by atoms with Crippen LogP contribution in [0.5, 0.6) is 0 Å². The zero-order valence-corrected chi connectivity index (χ0v) is 11.6. The SMILES string of the molecule is Cc1nnc(C2CCN([C@H]3CCCC[C@@H]3O)CC2)o1. The van der Waals surface area contributed by atoms with E-state index >= 15 is 0 Å².